The normalized spacial score (nSPS) is 11.1. The van der Waals surface area contributed by atoms with Crippen LogP contribution in [0.4, 0.5) is 0 Å². The van der Waals surface area contributed by atoms with Gasteiger partial charge in [-0.3, -0.25) is 9.11 Å². The molecule has 0 saturated heterocycles. The molecule has 1 aromatic carbocycles. The van der Waals surface area contributed by atoms with Gasteiger partial charge in [0.1, 0.15) is 19.7 Å². The van der Waals surface area contributed by atoms with Crippen molar-refractivity contribution in [2.75, 3.05) is 27.2 Å². The fraction of sp³-hybridized carbons (Fsp3) is 0.357. The second-order valence-electron chi connectivity index (χ2n) is 5.12. The number of carbonyl (C=O) groups excluding carboxylic acids is 1. The zero-order chi connectivity index (χ0) is 17.2. The first-order valence-electron chi connectivity index (χ1n) is 6.38. The van der Waals surface area contributed by atoms with Gasteiger partial charge in [0.05, 0.1) is 14.1 Å². The lowest BCUT2D eigenvalue weighted by atomic mass is 10.2. The molecule has 0 fully saturated rings. The molecule has 124 valence electrons. The number of ether oxygens (including phenoxy) is 1. The van der Waals surface area contributed by atoms with Crippen molar-refractivity contribution in [1.82, 2.24) is 0 Å². The monoisotopic (exact) mass is 332 g/mol. The van der Waals surface area contributed by atoms with Crippen LogP contribution in [0.3, 0.4) is 0 Å². The number of hydrogen-bond donors (Lipinski definition) is 2. The highest BCUT2D eigenvalue weighted by Gasteiger charge is 2.16. The van der Waals surface area contributed by atoms with E-state index in [0.717, 1.165) is 17.6 Å². The molecule has 0 radical (unpaired) electrons. The van der Waals surface area contributed by atoms with Gasteiger partial charge in [-0.2, -0.15) is 8.42 Å². The third-order valence-corrected chi connectivity index (χ3v) is 2.56. The molecule has 1 rings (SSSR count). The fourth-order valence-corrected chi connectivity index (χ4v) is 1.61. The standard InChI is InChI=1S/C14H20NO2.H2O4S/c1-4-14(16)17-11-10-15(2,3)12-13-8-6-5-7-9-13;1-5(2,3)4/h4-9H,1,10-12H2,2-3H3;(H2,1,2,3,4)/q+1;. The quantitative estimate of drug-likeness (QED) is 0.353. The summed E-state index contributed by atoms with van der Waals surface area (Å²) in [7, 11) is -0.427. The summed E-state index contributed by atoms with van der Waals surface area (Å²) in [6.07, 6.45) is 1.19. The average molecular weight is 332 g/mol. The number of rotatable bonds is 6. The van der Waals surface area contributed by atoms with E-state index < -0.39 is 10.4 Å². The van der Waals surface area contributed by atoms with Crippen LogP contribution in [0.2, 0.25) is 0 Å². The Balaban J connectivity index is 0.000000763. The molecule has 1 aromatic rings. The lowest BCUT2D eigenvalue weighted by Gasteiger charge is -2.29. The van der Waals surface area contributed by atoms with Gasteiger partial charge in [-0.15, -0.1) is 0 Å². The van der Waals surface area contributed by atoms with E-state index in [9.17, 15) is 4.79 Å². The molecular formula is C14H22NO6S+. The Labute approximate surface area is 131 Å². The summed E-state index contributed by atoms with van der Waals surface area (Å²) in [5.41, 5.74) is 1.28. The van der Waals surface area contributed by atoms with E-state index in [2.05, 4.69) is 32.8 Å². The zero-order valence-corrected chi connectivity index (χ0v) is 13.5. The molecule has 0 spiro atoms. The minimum atomic E-state index is -4.67. The lowest BCUT2D eigenvalue weighted by molar-refractivity contribution is -0.903. The van der Waals surface area contributed by atoms with E-state index in [1.165, 1.54) is 11.6 Å². The fourth-order valence-electron chi connectivity index (χ4n) is 1.61. The largest absolute Gasteiger partial charge is 0.457 e. The van der Waals surface area contributed by atoms with Gasteiger partial charge in [-0.1, -0.05) is 36.9 Å². The summed E-state index contributed by atoms with van der Waals surface area (Å²) in [6.45, 7) is 5.49. The van der Waals surface area contributed by atoms with Gasteiger partial charge in [0.15, 0.2) is 0 Å². The number of nitrogens with zero attached hydrogens (tertiary/aromatic N) is 1. The Hall–Kier alpha value is -1.74. The zero-order valence-electron chi connectivity index (χ0n) is 12.7. The first-order chi connectivity index (χ1) is 10.0. The van der Waals surface area contributed by atoms with Crippen molar-refractivity contribution in [3.05, 3.63) is 48.6 Å². The second kappa shape index (κ2) is 9.31. The van der Waals surface area contributed by atoms with E-state index >= 15 is 0 Å². The van der Waals surface area contributed by atoms with Crippen LogP contribution in [-0.2, 0) is 26.5 Å². The minimum Gasteiger partial charge on any atom is -0.457 e. The van der Waals surface area contributed by atoms with Crippen molar-refractivity contribution in [2.45, 2.75) is 6.54 Å². The summed E-state index contributed by atoms with van der Waals surface area (Å²) in [5.74, 6) is -0.357. The predicted octanol–water partition coefficient (Wildman–Crippen LogP) is 1.34. The number of esters is 1. The molecule has 22 heavy (non-hydrogen) atoms. The van der Waals surface area contributed by atoms with E-state index in [-0.39, 0.29) is 5.97 Å². The van der Waals surface area contributed by atoms with Gasteiger partial charge < -0.3 is 9.22 Å². The van der Waals surface area contributed by atoms with Gasteiger partial charge in [-0.05, 0) is 0 Å². The van der Waals surface area contributed by atoms with Crippen LogP contribution in [0.1, 0.15) is 5.56 Å². The molecule has 0 saturated carbocycles. The SMILES string of the molecule is C=CC(=O)OCC[N+](C)(C)Cc1ccccc1.O=S(=O)(O)O. The van der Waals surface area contributed by atoms with Crippen LogP contribution < -0.4 is 0 Å². The molecule has 2 N–H and O–H groups in total. The van der Waals surface area contributed by atoms with E-state index in [0.29, 0.717) is 6.61 Å². The first kappa shape index (κ1) is 20.3. The van der Waals surface area contributed by atoms with Gasteiger partial charge in [0.2, 0.25) is 0 Å². The maximum absolute atomic E-state index is 10.9. The van der Waals surface area contributed by atoms with E-state index in [4.69, 9.17) is 22.3 Å². The topological polar surface area (TPSA) is 101 Å². The third-order valence-electron chi connectivity index (χ3n) is 2.56. The molecule has 8 heteroatoms. The van der Waals surface area contributed by atoms with Gasteiger partial charge in [0, 0.05) is 11.6 Å². The first-order valence-corrected chi connectivity index (χ1v) is 7.78. The average Bonchev–Trinajstić information content (AvgIpc) is 2.37. The molecule has 0 bridgehead atoms. The Morgan fingerprint density at radius 3 is 2.23 bits per heavy atom. The number of benzene rings is 1. The van der Waals surface area contributed by atoms with Crippen LogP contribution in [0.5, 0.6) is 0 Å². The van der Waals surface area contributed by atoms with Crippen LogP contribution >= 0.6 is 0 Å². The Morgan fingerprint density at radius 1 is 1.27 bits per heavy atom. The van der Waals surface area contributed by atoms with Gasteiger partial charge >= 0.3 is 16.4 Å². The molecule has 0 atom stereocenters. The summed E-state index contributed by atoms with van der Waals surface area (Å²) in [6, 6.07) is 10.3. The summed E-state index contributed by atoms with van der Waals surface area (Å²) >= 11 is 0. The van der Waals surface area contributed by atoms with Crippen LogP contribution in [0.15, 0.2) is 43.0 Å². The Kier molecular flexibility index (Phi) is 8.58. The van der Waals surface area contributed by atoms with Crippen molar-refractivity contribution >= 4 is 16.4 Å². The molecule has 7 nitrogen and oxygen atoms in total. The highest BCUT2D eigenvalue weighted by molar-refractivity contribution is 7.79. The number of carbonyl (C=O) groups is 1. The summed E-state index contributed by atoms with van der Waals surface area (Å²) < 4.78 is 37.4. The molecule has 0 unspecified atom stereocenters. The highest BCUT2D eigenvalue weighted by Crippen LogP contribution is 2.08. The molecule has 0 aliphatic heterocycles. The molecule has 0 amide bonds. The van der Waals surface area contributed by atoms with Gasteiger partial charge in [-0.25, -0.2) is 4.79 Å². The van der Waals surface area contributed by atoms with E-state index in [1.807, 2.05) is 18.2 Å². The van der Waals surface area contributed by atoms with Gasteiger partial charge in [0.25, 0.3) is 0 Å². The Morgan fingerprint density at radius 2 is 1.77 bits per heavy atom. The maximum atomic E-state index is 10.9. The molecule has 0 heterocycles. The maximum Gasteiger partial charge on any atom is 0.394 e. The number of quaternary nitrogens is 1. The second-order valence-corrected chi connectivity index (χ2v) is 6.02. The smallest absolute Gasteiger partial charge is 0.394 e. The molecular weight excluding hydrogens is 310 g/mol. The molecule has 0 aliphatic rings. The van der Waals surface area contributed by atoms with Crippen molar-refractivity contribution in [3.8, 4) is 0 Å². The van der Waals surface area contributed by atoms with Crippen molar-refractivity contribution in [3.63, 3.8) is 0 Å². The minimum absolute atomic E-state index is 0.357. The lowest BCUT2D eigenvalue weighted by Crippen LogP contribution is -2.41. The predicted molar refractivity (Wildman–Crippen MR) is 82.5 cm³/mol. The Bertz CT molecular complexity index is 560. The molecule has 0 aromatic heterocycles. The number of hydrogen-bond acceptors (Lipinski definition) is 4. The number of likely N-dealkylation sites (N-methyl/N-ethyl adjacent to an activating group) is 1. The van der Waals surface area contributed by atoms with Crippen molar-refractivity contribution in [1.29, 1.82) is 0 Å². The highest BCUT2D eigenvalue weighted by atomic mass is 32.3. The van der Waals surface area contributed by atoms with E-state index in [1.54, 1.807) is 0 Å². The van der Waals surface area contributed by atoms with Crippen molar-refractivity contribution < 1.29 is 31.5 Å². The summed E-state index contributed by atoms with van der Waals surface area (Å²) in [4.78, 5) is 10.9. The van der Waals surface area contributed by atoms with Crippen LogP contribution in [0.25, 0.3) is 0 Å². The summed E-state index contributed by atoms with van der Waals surface area (Å²) in [5, 5.41) is 0. The van der Waals surface area contributed by atoms with Crippen molar-refractivity contribution in [2.24, 2.45) is 0 Å². The third kappa shape index (κ3) is 13.3. The van der Waals surface area contributed by atoms with Crippen LogP contribution in [-0.4, -0.2) is 55.2 Å². The molecule has 0 aliphatic carbocycles. The van der Waals surface area contributed by atoms with Crippen LogP contribution in [0, 0.1) is 0 Å².